The molecule has 0 radical (unpaired) electrons. The monoisotopic (exact) mass is 420 g/mol. The summed E-state index contributed by atoms with van der Waals surface area (Å²) >= 11 is 0. The van der Waals surface area contributed by atoms with Crippen LogP contribution in [0.1, 0.15) is 41.7 Å². The van der Waals surface area contributed by atoms with E-state index in [4.69, 9.17) is 15.3 Å². The normalized spacial score (nSPS) is 31.1. The van der Waals surface area contributed by atoms with Gasteiger partial charge in [0.25, 0.3) is 0 Å². The first-order valence-electron chi connectivity index (χ1n) is 10.4. The van der Waals surface area contributed by atoms with Crippen molar-refractivity contribution in [2.75, 3.05) is 6.61 Å². The molecule has 0 aromatic carbocycles. The molecule has 5 atom stereocenters. The van der Waals surface area contributed by atoms with Gasteiger partial charge in [0.15, 0.2) is 20.4 Å². The fourth-order valence-corrected chi connectivity index (χ4v) is 4.86. The van der Waals surface area contributed by atoms with Gasteiger partial charge < -0.3 is 13.9 Å². The molecule has 2 aliphatic rings. The predicted octanol–water partition coefficient (Wildman–Crippen LogP) is 2.29. The summed E-state index contributed by atoms with van der Waals surface area (Å²) in [4.78, 5) is 20.8. The first kappa shape index (κ1) is 19.1. The van der Waals surface area contributed by atoms with E-state index in [-0.39, 0.29) is 11.6 Å². The molecular formula is C19H29N5O4Si. The molecule has 4 heterocycles. The van der Waals surface area contributed by atoms with Crippen LogP contribution in [-0.4, -0.2) is 57.0 Å². The van der Waals surface area contributed by atoms with Gasteiger partial charge in [0.2, 0.25) is 0 Å². The minimum Gasteiger partial charge on any atom is -0.408 e. The van der Waals surface area contributed by atoms with Crippen molar-refractivity contribution in [3.05, 3.63) is 35.4 Å². The highest BCUT2D eigenvalue weighted by molar-refractivity contribution is 6.74. The summed E-state index contributed by atoms with van der Waals surface area (Å²) in [5.74, 6) is 0.371. The van der Waals surface area contributed by atoms with Gasteiger partial charge in [-0.2, -0.15) is 10.1 Å². The zero-order valence-electron chi connectivity index (χ0n) is 18.7. The maximum atomic E-state index is 12.8. The molecule has 0 aliphatic carbocycles. The Bertz CT molecular complexity index is 974. The average molecular weight is 421 g/mol. The minimum atomic E-state index is -2.16. The van der Waals surface area contributed by atoms with Crippen molar-refractivity contribution in [3.8, 4) is 5.82 Å². The zero-order chi connectivity index (χ0) is 21.9. The fourth-order valence-electron chi connectivity index (χ4n) is 3.54. The standard InChI is InChI=1S/C19H29N5O4Si/c1-7-19-10-26-14(15(19)28-29(5,6)18(2,3)4)16(27-19)23-9-8-13(22-17(23)25)24-12-20-11-21-24/h8-9,11-12,14-16H,7,10H2,1-6H3/t14-,15+,16-,19+/m1/s1/i7D/t7?,14-,15+,16-,19+. The Balaban J connectivity index is 1.68. The number of hydrogen-bond acceptors (Lipinski definition) is 7. The zero-order valence-corrected chi connectivity index (χ0v) is 18.7. The smallest absolute Gasteiger partial charge is 0.351 e. The van der Waals surface area contributed by atoms with Crippen molar-refractivity contribution in [1.29, 1.82) is 0 Å². The Morgan fingerprint density at radius 2 is 2.21 bits per heavy atom. The molecule has 2 aliphatic heterocycles. The van der Waals surface area contributed by atoms with Gasteiger partial charge in [0, 0.05) is 7.57 Å². The third-order valence-electron chi connectivity index (χ3n) is 6.36. The van der Waals surface area contributed by atoms with Crippen LogP contribution in [0.25, 0.3) is 5.82 Å². The number of aromatic nitrogens is 5. The molecule has 1 unspecified atom stereocenters. The van der Waals surface area contributed by atoms with Crippen LogP contribution in [0.4, 0.5) is 0 Å². The van der Waals surface area contributed by atoms with Crippen LogP contribution in [-0.2, 0) is 13.9 Å². The molecular weight excluding hydrogens is 390 g/mol. The summed E-state index contributed by atoms with van der Waals surface area (Å²) in [6.07, 6.45) is 2.28. The molecule has 0 N–H and O–H groups in total. The van der Waals surface area contributed by atoms with Crippen molar-refractivity contribution in [1.82, 2.24) is 24.3 Å². The molecule has 0 amide bonds. The summed E-state index contributed by atoms with van der Waals surface area (Å²) in [7, 11) is -2.16. The Labute approximate surface area is 172 Å². The summed E-state index contributed by atoms with van der Waals surface area (Å²) < 4.78 is 30.4. The van der Waals surface area contributed by atoms with E-state index < -0.39 is 44.4 Å². The first-order chi connectivity index (χ1) is 14.0. The number of fused-ring (bicyclic) bond motifs is 2. The van der Waals surface area contributed by atoms with E-state index in [1.807, 2.05) is 0 Å². The minimum absolute atomic E-state index is 0.00514. The lowest BCUT2D eigenvalue weighted by Crippen LogP contribution is -2.51. The Morgan fingerprint density at radius 1 is 1.45 bits per heavy atom. The summed E-state index contributed by atoms with van der Waals surface area (Å²) in [6, 6.07) is 1.67. The van der Waals surface area contributed by atoms with E-state index in [9.17, 15) is 4.79 Å². The van der Waals surface area contributed by atoms with Crippen molar-refractivity contribution in [3.63, 3.8) is 0 Å². The van der Waals surface area contributed by atoms with E-state index in [0.29, 0.717) is 5.82 Å². The van der Waals surface area contributed by atoms with Crippen molar-refractivity contribution in [2.45, 2.75) is 76.3 Å². The molecule has 10 heteroatoms. The van der Waals surface area contributed by atoms with Gasteiger partial charge in [-0.05, 0) is 30.6 Å². The van der Waals surface area contributed by atoms with E-state index in [0.717, 1.165) is 0 Å². The van der Waals surface area contributed by atoms with E-state index in [2.05, 4.69) is 48.9 Å². The van der Waals surface area contributed by atoms with Gasteiger partial charge in [0.1, 0.15) is 30.5 Å². The van der Waals surface area contributed by atoms with E-state index in [1.54, 1.807) is 19.2 Å². The van der Waals surface area contributed by atoms with Gasteiger partial charge in [-0.25, -0.2) is 14.5 Å². The third-order valence-corrected chi connectivity index (χ3v) is 10.8. The second kappa shape index (κ2) is 6.83. The van der Waals surface area contributed by atoms with Gasteiger partial charge in [-0.3, -0.25) is 4.57 Å². The fraction of sp³-hybridized carbons (Fsp3) is 0.684. The topological polar surface area (TPSA) is 93.3 Å². The lowest BCUT2D eigenvalue weighted by Gasteiger charge is -2.40. The van der Waals surface area contributed by atoms with Crippen LogP contribution in [0.5, 0.6) is 0 Å². The number of rotatable bonds is 5. The summed E-state index contributed by atoms with van der Waals surface area (Å²) in [5.41, 5.74) is -1.41. The highest BCUT2D eigenvalue weighted by Crippen LogP contribution is 2.50. The second-order valence-corrected chi connectivity index (χ2v) is 13.9. The molecule has 2 aromatic heterocycles. The van der Waals surface area contributed by atoms with Crippen molar-refractivity contribution < 1.29 is 15.3 Å². The van der Waals surface area contributed by atoms with Gasteiger partial charge in [-0.1, -0.05) is 27.7 Å². The molecule has 0 spiro atoms. The Morgan fingerprint density at radius 3 is 2.79 bits per heavy atom. The van der Waals surface area contributed by atoms with Crippen LogP contribution in [0.3, 0.4) is 0 Å². The number of ether oxygens (including phenoxy) is 2. The van der Waals surface area contributed by atoms with Crippen molar-refractivity contribution >= 4 is 8.32 Å². The van der Waals surface area contributed by atoms with Crippen LogP contribution in [0, 0.1) is 0 Å². The highest BCUT2D eigenvalue weighted by Gasteiger charge is 2.63. The van der Waals surface area contributed by atoms with E-state index in [1.165, 1.54) is 21.9 Å². The second-order valence-electron chi connectivity index (χ2n) is 9.14. The van der Waals surface area contributed by atoms with Gasteiger partial charge in [0.05, 0.1) is 6.61 Å². The Kier molecular flexibility index (Phi) is 4.50. The number of nitrogens with zero attached hydrogens (tertiary/aromatic N) is 5. The molecule has 2 fully saturated rings. The average Bonchev–Trinajstić information content (AvgIpc) is 3.36. The van der Waals surface area contributed by atoms with Crippen LogP contribution >= 0.6 is 0 Å². The number of hydrogen-bond donors (Lipinski definition) is 0. The predicted molar refractivity (Wildman–Crippen MR) is 108 cm³/mol. The molecule has 0 saturated carbocycles. The summed E-state index contributed by atoms with van der Waals surface area (Å²) in [5, 5.41) is 4.00. The highest BCUT2D eigenvalue weighted by atomic mass is 28.4. The molecule has 2 saturated heterocycles. The lowest BCUT2D eigenvalue weighted by atomic mass is 9.96. The SMILES string of the molecule is [2H]C(C)[C@@]12CO[C@@H]([C@H](n3ccc(-n4cncn4)nc3=O)O1)[C@@H]2O[Si](C)(C)C(C)(C)C. The Hall–Kier alpha value is -1.88. The van der Waals surface area contributed by atoms with Crippen LogP contribution in [0.2, 0.25) is 18.1 Å². The van der Waals surface area contributed by atoms with Crippen LogP contribution in [0.15, 0.2) is 29.7 Å². The quantitative estimate of drug-likeness (QED) is 0.685. The van der Waals surface area contributed by atoms with Crippen LogP contribution < -0.4 is 5.69 Å². The maximum Gasteiger partial charge on any atom is 0.351 e. The molecule has 2 aromatic rings. The molecule has 29 heavy (non-hydrogen) atoms. The maximum absolute atomic E-state index is 12.8. The molecule has 158 valence electrons. The van der Waals surface area contributed by atoms with Gasteiger partial charge >= 0.3 is 5.69 Å². The van der Waals surface area contributed by atoms with E-state index >= 15 is 0 Å². The largest absolute Gasteiger partial charge is 0.408 e. The molecule has 2 bridgehead atoms. The molecule has 4 rings (SSSR count). The lowest BCUT2D eigenvalue weighted by molar-refractivity contribution is -0.175. The first-order valence-corrected chi connectivity index (χ1v) is 12.7. The summed E-state index contributed by atoms with van der Waals surface area (Å²) in [6.45, 7) is 12.9. The van der Waals surface area contributed by atoms with Gasteiger partial charge in [-0.15, -0.1) is 0 Å². The van der Waals surface area contributed by atoms with Crippen molar-refractivity contribution in [2.24, 2.45) is 0 Å². The third kappa shape index (κ3) is 3.27. The molecule has 9 nitrogen and oxygen atoms in total.